The number of carboxylic acids is 1. The fourth-order valence-electron chi connectivity index (χ4n) is 2.96. The summed E-state index contributed by atoms with van der Waals surface area (Å²) in [4.78, 5) is 12.7. The van der Waals surface area contributed by atoms with Crippen molar-refractivity contribution in [2.75, 3.05) is 13.6 Å². The van der Waals surface area contributed by atoms with Crippen LogP contribution in [0.3, 0.4) is 0 Å². The summed E-state index contributed by atoms with van der Waals surface area (Å²) in [5.74, 6) is 0.166. The molecule has 2 aromatic rings. The summed E-state index contributed by atoms with van der Waals surface area (Å²) in [6.45, 7) is 8.04. The van der Waals surface area contributed by atoms with Gasteiger partial charge in [-0.3, -0.25) is 4.79 Å². The maximum absolute atomic E-state index is 10.7. The van der Waals surface area contributed by atoms with Crippen molar-refractivity contribution in [3.05, 3.63) is 64.2 Å². The molecule has 0 radical (unpaired) electrons. The minimum Gasteiger partial charge on any atom is -0.488 e. The van der Waals surface area contributed by atoms with Crippen molar-refractivity contribution in [2.24, 2.45) is 0 Å². The van der Waals surface area contributed by atoms with Crippen LogP contribution in [0.5, 0.6) is 5.75 Å². The molecule has 0 fully saturated rings. The normalized spacial score (nSPS) is 10.9. The molecule has 0 amide bonds. The number of hydrogen-bond donors (Lipinski definition) is 1. The van der Waals surface area contributed by atoms with E-state index in [1.54, 1.807) is 0 Å². The van der Waals surface area contributed by atoms with Crippen molar-refractivity contribution in [2.45, 2.75) is 40.3 Å². The van der Waals surface area contributed by atoms with Gasteiger partial charge in [0.1, 0.15) is 12.4 Å². The third-order valence-electron chi connectivity index (χ3n) is 4.31. The Balaban J connectivity index is 2.04. The lowest BCUT2D eigenvalue weighted by atomic mass is 10.0. The fourth-order valence-corrected chi connectivity index (χ4v) is 2.96. The van der Waals surface area contributed by atoms with Gasteiger partial charge in [0.05, 0.1) is 6.42 Å². The maximum atomic E-state index is 10.7. The number of carboxylic acid groups (broad SMARTS) is 1. The van der Waals surface area contributed by atoms with E-state index in [2.05, 4.69) is 45.0 Å². The van der Waals surface area contributed by atoms with Gasteiger partial charge in [0.25, 0.3) is 0 Å². The van der Waals surface area contributed by atoms with E-state index < -0.39 is 5.97 Å². The van der Waals surface area contributed by atoms with E-state index in [0.29, 0.717) is 13.2 Å². The number of aliphatic carboxylic acids is 1. The summed E-state index contributed by atoms with van der Waals surface area (Å²) in [7, 11) is 1.94. The summed E-state index contributed by atoms with van der Waals surface area (Å²) < 4.78 is 6.08. The molecule has 0 aromatic heterocycles. The largest absolute Gasteiger partial charge is 0.488 e. The highest BCUT2D eigenvalue weighted by Crippen LogP contribution is 2.26. The molecule has 0 saturated carbocycles. The molecule has 25 heavy (non-hydrogen) atoms. The second kappa shape index (κ2) is 8.67. The van der Waals surface area contributed by atoms with Crippen molar-refractivity contribution >= 4 is 5.97 Å². The minimum absolute atomic E-state index is 0.159. The molecule has 4 heteroatoms. The van der Waals surface area contributed by atoms with Gasteiger partial charge in [0, 0.05) is 13.1 Å². The monoisotopic (exact) mass is 341 g/mol. The third-order valence-corrected chi connectivity index (χ3v) is 4.31. The highest BCUT2D eigenvalue weighted by atomic mass is 16.5. The first kappa shape index (κ1) is 19.0. The standard InChI is InChI=1S/C21H27NO3/c1-15-7-5-6-8-19(15)14-25-21-16(2)11-18(12-17(21)3)13-22(4)10-9-20(23)24/h5-8,11-12H,9-10,13-14H2,1-4H3,(H,23,24). The topological polar surface area (TPSA) is 49.8 Å². The molecule has 0 saturated heterocycles. The van der Waals surface area contributed by atoms with Gasteiger partial charge in [0.15, 0.2) is 0 Å². The van der Waals surface area contributed by atoms with Gasteiger partial charge in [0.2, 0.25) is 0 Å². The summed E-state index contributed by atoms with van der Waals surface area (Å²) in [5, 5.41) is 8.78. The molecule has 0 spiro atoms. The van der Waals surface area contributed by atoms with Crippen LogP contribution in [-0.4, -0.2) is 29.6 Å². The van der Waals surface area contributed by atoms with Crippen LogP contribution in [0.2, 0.25) is 0 Å². The van der Waals surface area contributed by atoms with Gasteiger partial charge in [-0.1, -0.05) is 36.4 Å². The highest BCUT2D eigenvalue weighted by Gasteiger charge is 2.10. The van der Waals surface area contributed by atoms with E-state index in [1.807, 2.05) is 24.1 Å². The Hall–Kier alpha value is -2.33. The van der Waals surface area contributed by atoms with E-state index in [1.165, 1.54) is 16.7 Å². The summed E-state index contributed by atoms with van der Waals surface area (Å²) in [6.07, 6.45) is 0.159. The van der Waals surface area contributed by atoms with Crippen molar-refractivity contribution in [1.82, 2.24) is 4.90 Å². The lowest BCUT2D eigenvalue weighted by molar-refractivity contribution is -0.137. The van der Waals surface area contributed by atoms with Crippen LogP contribution in [0.15, 0.2) is 36.4 Å². The van der Waals surface area contributed by atoms with Gasteiger partial charge in [-0.25, -0.2) is 0 Å². The second-order valence-electron chi connectivity index (χ2n) is 6.66. The fraction of sp³-hybridized carbons (Fsp3) is 0.381. The number of aryl methyl sites for hydroxylation is 3. The lowest BCUT2D eigenvalue weighted by Crippen LogP contribution is -2.21. The van der Waals surface area contributed by atoms with Crippen molar-refractivity contribution in [3.63, 3.8) is 0 Å². The smallest absolute Gasteiger partial charge is 0.304 e. The predicted molar refractivity (Wildman–Crippen MR) is 100 cm³/mol. The van der Waals surface area contributed by atoms with Crippen LogP contribution < -0.4 is 4.74 Å². The van der Waals surface area contributed by atoms with Crippen LogP contribution in [0, 0.1) is 20.8 Å². The van der Waals surface area contributed by atoms with Crippen molar-refractivity contribution in [3.8, 4) is 5.75 Å². The molecular formula is C21H27NO3. The SMILES string of the molecule is Cc1ccccc1COc1c(C)cc(CN(C)CCC(=O)O)cc1C. The summed E-state index contributed by atoms with van der Waals surface area (Å²) in [6, 6.07) is 12.5. The average Bonchev–Trinajstić information content (AvgIpc) is 2.53. The number of carbonyl (C=O) groups is 1. The first-order valence-corrected chi connectivity index (χ1v) is 8.54. The molecule has 134 valence electrons. The van der Waals surface area contributed by atoms with Crippen LogP contribution in [0.4, 0.5) is 0 Å². The van der Waals surface area contributed by atoms with Gasteiger partial charge in [-0.15, -0.1) is 0 Å². The van der Waals surface area contributed by atoms with Gasteiger partial charge < -0.3 is 14.7 Å². The summed E-state index contributed by atoms with van der Waals surface area (Å²) in [5.41, 5.74) is 5.81. The van der Waals surface area contributed by atoms with E-state index in [0.717, 1.165) is 23.4 Å². The van der Waals surface area contributed by atoms with E-state index in [4.69, 9.17) is 9.84 Å². The number of nitrogens with zero attached hydrogens (tertiary/aromatic N) is 1. The Morgan fingerprint density at radius 1 is 1.08 bits per heavy atom. The zero-order valence-electron chi connectivity index (χ0n) is 15.5. The van der Waals surface area contributed by atoms with Crippen LogP contribution in [0.25, 0.3) is 0 Å². The van der Waals surface area contributed by atoms with Gasteiger partial charge in [-0.05, 0) is 55.6 Å². The molecule has 0 heterocycles. The number of benzene rings is 2. The van der Waals surface area contributed by atoms with Crippen LogP contribution >= 0.6 is 0 Å². The first-order valence-electron chi connectivity index (χ1n) is 8.54. The molecule has 0 unspecified atom stereocenters. The van der Waals surface area contributed by atoms with Gasteiger partial charge in [-0.2, -0.15) is 0 Å². The Kier molecular flexibility index (Phi) is 6.59. The molecule has 0 aliphatic rings. The van der Waals surface area contributed by atoms with Gasteiger partial charge >= 0.3 is 5.97 Å². The third kappa shape index (κ3) is 5.61. The molecule has 4 nitrogen and oxygen atoms in total. The molecular weight excluding hydrogens is 314 g/mol. The average molecular weight is 341 g/mol. The quantitative estimate of drug-likeness (QED) is 0.785. The molecule has 0 atom stereocenters. The number of rotatable bonds is 8. The molecule has 2 rings (SSSR count). The second-order valence-corrected chi connectivity index (χ2v) is 6.66. The first-order chi connectivity index (χ1) is 11.9. The predicted octanol–water partition coefficient (Wildman–Crippen LogP) is 4.10. The van der Waals surface area contributed by atoms with Crippen molar-refractivity contribution < 1.29 is 14.6 Å². The van der Waals surface area contributed by atoms with Crippen LogP contribution in [0.1, 0.15) is 34.2 Å². The molecule has 1 N–H and O–H groups in total. The van der Waals surface area contributed by atoms with Crippen molar-refractivity contribution in [1.29, 1.82) is 0 Å². The Morgan fingerprint density at radius 3 is 2.32 bits per heavy atom. The number of ether oxygens (including phenoxy) is 1. The van der Waals surface area contributed by atoms with E-state index in [9.17, 15) is 4.79 Å². The molecule has 2 aromatic carbocycles. The Labute approximate surface area is 150 Å². The van der Waals surface area contributed by atoms with E-state index in [-0.39, 0.29) is 6.42 Å². The highest BCUT2D eigenvalue weighted by molar-refractivity contribution is 5.66. The maximum Gasteiger partial charge on any atom is 0.304 e. The molecule has 0 aliphatic carbocycles. The van der Waals surface area contributed by atoms with E-state index >= 15 is 0 Å². The zero-order chi connectivity index (χ0) is 18.4. The minimum atomic E-state index is -0.765. The Morgan fingerprint density at radius 2 is 1.72 bits per heavy atom. The lowest BCUT2D eigenvalue weighted by Gasteiger charge is -2.19. The zero-order valence-corrected chi connectivity index (χ0v) is 15.5. The Bertz CT molecular complexity index is 717. The number of hydrogen-bond acceptors (Lipinski definition) is 3. The van der Waals surface area contributed by atoms with Crippen LogP contribution in [-0.2, 0) is 17.9 Å². The molecule has 0 bridgehead atoms. The summed E-state index contributed by atoms with van der Waals surface area (Å²) >= 11 is 0. The molecule has 0 aliphatic heterocycles.